The molecule has 0 fully saturated rings. The Bertz CT molecular complexity index is 643. The van der Waals surface area contributed by atoms with Crippen LogP contribution in [-0.2, 0) is 14.4 Å². The predicted octanol–water partition coefficient (Wildman–Crippen LogP) is 3.72. The normalized spacial score (nSPS) is 13.4. The third kappa shape index (κ3) is 7.29. The number of amides is 2. The number of nitrogens with zero attached hydrogens (tertiary/aromatic N) is 1. The van der Waals surface area contributed by atoms with Gasteiger partial charge < -0.3 is 10.6 Å². The first-order valence-corrected chi connectivity index (χ1v) is 10.6. The lowest BCUT2D eigenvalue weighted by Gasteiger charge is -2.16. The van der Waals surface area contributed by atoms with Crippen LogP contribution in [0.5, 0.6) is 0 Å². The summed E-state index contributed by atoms with van der Waals surface area (Å²) >= 11 is 2.68. The first-order valence-electron chi connectivity index (χ1n) is 8.75. The van der Waals surface area contributed by atoms with E-state index in [1.807, 2.05) is 13.8 Å². The van der Waals surface area contributed by atoms with Gasteiger partial charge in [-0.2, -0.15) is 0 Å². The van der Waals surface area contributed by atoms with Crippen molar-refractivity contribution in [3.05, 3.63) is 22.6 Å². The third-order valence-corrected chi connectivity index (χ3v) is 5.79. The van der Waals surface area contributed by atoms with Crippen LogP contribution in [0.15, 0.2) is 17.7 Å². The zero-order chi connectivity index (χ0) is 19.5. The lowest BCUT2D eigenvalue weighted by molar-refractivity contribution is -0.137. The van der Waals surface area contributed by atoms with Crippen LogP contribution in [0, 0.1) is 0 Å². The highest BCUT2D eigenvalue weighted by molar-refractivity contribution is 8.02. The highest BCUT2D eigenvalue weighted by atomic mass is 32.2. The minimum Gasteiger partial charge on any atom is -0.338 e. The number of anilines is 1. The molecule has 8 heteroatoms. The van der Waals surface area contributed by atoms with Crippen molar-refractivity contribution in [3.8, 4) is 0 Å². The lowest BCUT2D eigenvalue weighted by Crippen LogP contribution is -2.46. The van der Waals surface area contributed by atoms with Crippen LogP contribution < -0.4 is 10.6 Å². The maximum atomic E-state index is 12.5. The number of Topliss-reactive ketones (excluding diaryl/α,β-unsaturated/α-hetero) is 1. The Labute approximate surface area is 163 Å². The van der Waals surface area contributed by atoms with Gasteiger partial charge in [-0.1, -0.05) is 33.3 Å². The second-order valence-corrected chi connectivity index (χ2v) is 7.84. The summed E-state index contributed by atoms with van der Waals surface area (Å²) in [6.45, 7) is 7.96. The van der Waals surface area contributed by atoms with Gasteiger partial charge in [-0.3, -0.25) is 14.4 Å². The van der Waals surface area contributed by atoms with Crippen LogP contribution >= 0.6 is 23.1 Å². The van der Waals surface area contributed by atoms with Crippen molar-refractivity contribution >= 4 is 45.8 Å². The fraction of sp³-hybridized carbons (Fsp3) is 0.556. The monoisotopic (exact) mass is 397 g/mol. The number of thiazole rings is 1. The molecule has 0 aliphatic rings. The summed E-state index contributed by atoms with van der Waals surface area (Å²) in [7, 11) is 0. The van der Waals surface area contributed by atoms with E-state index < -0.39 is 17.7 Å². The van der Waals surface area contributed by atoms with Crippen LogP contribution in [0.25, 0.3) is 0 Å². The molecule has 2 atom stereocenters. The predicted molar refractivity (Wildman–Crippen MR) is 109 cm³/mol. The quantitative estimate of drug-likeness (QED) is 0.556. The fourth-order valence-electron chi connectivity index (χ4n) is 2.05. The van der Waals surface area contributed by atoms with Crippen molar-refractivity contribution in [2.24, 2.45) is 0 Å². The number of allylic oxidation sites excluding steroid dienone is 1. The summed E-state index contributed by atoms with van der Waals surface area (Å²) in [4.78, 5) is 41.7. The Balaban J connectivity index is 2.67. The van der Waals surface area contributed by atoms with E-state index in [2.05, 4.69) is 29.5 Å². The molecular weight excluding hydrogens is 370 g/mol. The van der Waals surface area contributed by atoms with Crippen molar-refractivity contribution in [2.45, 2.75) is 58.9 Å². The number of rotatable bonds is 11. The molecule has 0 aliphatic carbocycles. The molecule has 1 rings (SSSR count). The summed E-state index contributed by atoms with van der Waals surface area (Å²) in [6.07, 6.45) is 5.72. The van der Waals surface area contributed by atoms with Gasteiger partial charge in [0.1, 0.15) is 6.04 Å². The lowest BCUT2D eigenvalue weighted by atomic mass is 10.1. The van der Waals surface area contributed by atoms with Gasteiger partial charge in [0.15, 0.2) is 5.13 Å². The summed E-state index contributed by atoms with van der Waals surface area (Å²) in [5.74, 6) is -1.18. The molecule has 1 unspecified atom stereocenters. The second kappa shape index (κ2) is 11.9. The van der Waals surface area contributed by atoms with E-state index in [9.17, 15) is 14.4 Å². The van der Waals surface area contributed by atoms with Crippen LogP contribution in [0.1, 0.15) is 57.8 Å². The van der Waals surface area contributed by atoms with Gasteiger partial charge in [0, 0.05) is 11.1 Å². The number of carbonyl (C=O) groups is 3. The molecule has 0 spiro atoms. The van der Waals surface area contributed by atoms with Gasteiger partial charge in [0.25, 0.3) is 5.91 Å². The second-order valence-electron chi connectivity index (χ2n) is 5.88. The maximum absolute atomic E-state index is 12.5. The highest BCUT2D eigenvalue weighted by Crippen LogP contribution is 2.27. The number of hydrogen-bond donors (Lipinski definition) is 2. The van der Waals surface area contributed by atoms with E-state index in [0.29, 0.717) is 23.9 Å². The maximum Gasteiger partial charge on any atom is 0.288 e. The van der Waals surface area contributed by atoms with Crippen molar-refractivity contribution in [1.29, 1.82) is 0 Å². The minimum absolute atomic E-state index is 0.0569. The van der Waals surface area contributed by atoms with E-state index in [-0.39, 0.29) is 11.7 Å². The Morgan fingerprint density at radius 3 is 2.69 bits per heavy atom. The number of thioether (sulfide) groups is 1. The van der Waals surface area contributed by atoms with Crippen LogP contribution in [0.2, 0.25) is 0 Å². The topological polar surface area (TPSA) is 88.2 Å². The molecule has 26 heavy (non-hydrogen) atoms. The van der Waals surface area contributed by atoms with Gasteiger partial charge >= 0.3 is 0 Å². The summed E-state index contributed by atoms with van der Waals surface area (Å²) < 4.78 is 0. The number of hydrogen-bond acceptors (Lipinski definition) is 6. The van der Waals surface area contributed by atoms with Gasteiger partial charge in [-0.15, -0.1) is 23.1 Å². The number of ketones is 1. The molecule has 0 aliphatic heterocycles. The largest absolute Gasteiger partial charge is 0.338 e. The number of nitrogens with one attached hydrogen (secondary N) is 2. The number of carbonyl (C=O) groups excluding carboxylic acids is 3. The van der Waals surface area contributed by atoms with E-state index >= 15 is 0 Å². The van der Waals surface area contributed by atoms with Crippen molar-refractivity contribution in [1.82, 2.24) is 10.3 Å². The van der Waals surface area contributed by atoms with Gasteiger partial charge in [0.2, 0.25) is 11.7 Å². The van der Waals surface area contributed by atoms with E-state index in [0.717, 1.165) is 11.3 Å². The van der Waals surface area contributed by atoms with E-state index in [4.69, 9.17) is 0 Å². The first kappa shape index (κ1) is 22.4. The molecule has 2 amide bonds. The molecule has 0 bridgehead atoms. The summed E-state index contributed by atoms with van der Waals surface area (Å²) in [6, 6.07) is -0.751. The average molecular weight is 398 g/mol. The smallest absolute Gasteiger partial charge is 0.288 e. The average Bonchev–Trinajstić information content (AvgIpc) is 3.09. The summed E-state index contributed by atoms with van der Waals surface area (Å²) in [5, 5.41) is 7.55. The molecular formula is C18H27N3O3S2. The van der Waals surface area contributed by atoms with Gasteiger partial charge in [-0.05, 0) is 31.1 Å². The first-order chi connectivity index (χ1) is 12.4. The molecule has 1 aromatic heterocycles. The highest BCUT2D eigenvalue weighted by Gasteiger charge is 2.24. The number of aromatic nitrogens is 1. The zero-order valence-corrected chi connectivity index (χ0v) is 17.3. The Kier molecular flexibility index (Phi) is 10.2. The molecule has 0 saturated carbocycles. The van der Waals surface area contributed by atoms with Crippen molar-refractivity contribution in [3.63, 3.8) is 0 Å². The van der Waals surface area contributed by atoms with Crippen LogP contribution in [0.4, 0.5) is 5.13 Å². The minimum atomic E-state index is -0.751. The van der Waals surface area contributed by atoms with Gasteiger partial charge in [0.05, 0.1) is 5.75 Å². The Morgan fingerprint density at radius 1 is 1.35 bits per heavy atom. The standard InChI is InChI=1S/C18H27N3O3S2/c1-5-8-13(20-17(24)14(22)11-25-9-6-2)16(23)21-18-19-10-15(26-18)12(4)7-3/h6,9-10,12-13H,5,7-8,11H2,1-4H3,(H,20,24)(H,19,21,23)/b9-6-/t12?,13-/m0/s1. The summed E-state index contributed by atoms with van der Waals surface area (Å²) in [5.41, 5.74) is 0. The zero-order valence-electron chi connectivity index (χ0n) is 15.7. The molecule has 1 heterocycles. The van der Waals surface area contributed by atoms with E-state index in [1.54, 1.807) is 17.7 Å². The Morgan fingerprint density at radius 2 is 2.08 bits per heavy atom. The molecule has 2 N–H and O–H groups in total. The third-order valence-electron chi connectivity index (χ3n) is 3.75. The fourth-order valence-corrected chi connectivity index (χ4v) is 3.57. The SMILES string of the molecule is C/C=C\SCC(=O)C(=O)N[C@@H](CCC)C(=O)Nc1ncc(C(C)CC)s1. The van der Waals surface area contributed by atoms with Crippen molar-refractivity contribution < 1.29 is 14.4 Å². The van der Waals surface area contributed by atoms with Crippen molar-refractivity contribution in [2.75, 3.05) is 11.1 Å². The van der Waals surface area contributed by atoms with Crippen LogP contribution in [0.3, 0.4) is 0 Å². The molecule has 0 aromatic carbocycles. The Hall–Kier alpha value is -1.67. The van der Waals surface area contributed by atoms with Gasteiger partial charge in [-0.25, -0.2) is 4.98 Å². The molecule has 6 nitrogen and oxygen atoms in total. The molecule has 144 valence electrons. The van der Waals surface area contributed by atoms with Crippen LogP contribution in [-0.4, -0.2) is 34.4 Å². The molecule has 0 radical (unpaired) electrons. The van der Waals surface area contributed by atoms with E-state index in [1.165, 1.54) is 23.1 Å². The molecule has 1 aromatic rings. The molecule has 0 saturated heterocycles.